The Hall–Kier alpha value is -1.64. The molecule has 3 heteroatoms. The molecule has 0 amide bonds. The van der Waals surface area contributed by atoms with Crippen LogP contribution in [0.2, 0.25) is 0 Å². The van der Waals surface area contributed by atoms with E-state index in [0.29, 0.717) is 0 Å². The number of H-pyrrole nitrogens is 1. The molecule has 2 aromatic heterocycles. The predicted molar refractivity (Wildman–Crippen MR) is 69.5 cm³/mol. The van der Waals surface area contributed by atoms with Gasteiger partial charge in [0.05, 0.1) is 5.69 Å². The van der Waals surface area contributed by atoms with Crippen molar-refractivity contribution in [2.75, 3.05) is 0 Å². The summed E-state index contributed by atoms with van der Waals surface area (Å²) in [5.41, 5.74) is 1.95. The Balaban J connectivity index is 1.83. The molecule has 2 heterocycles. The van der Waals surface area contributed by atoms with Crippen molar-refractivity contribution < 1.29 is 0 Å². The molecule has 0 atom stereocenters. The van der Waals surface area contributed by atoms with E-state index in [-0.39, 0.29) is 0 Å². The fraction of sp³-hybridized carbons (Fsp3) is 0.429. The molecule has 3 rings (SSSR count). The summed E-state index contributed by atoms with van der Waals surface area (Å²) in [4.78, 5) is 11.7. The molecule has 0 saturated heterocycles. The van der Waals surface area contributed by atoms with Crippen molar-refractivity contribution >= 4 is 17.1 Å². The third-order valence-electron chi connectivity index (χ3n) is 3.56. The van der Waals surface area contributed by atoms with Crippen molar-refractivity contribution in [3.8, 4) is 0 Å². The molecule has 88 valence electrons. The van der Waals surface area contributed by atoms with Crippen molar-refractivity contribution in [2.24, 2.45) is 5.92 Å². The van der Waals surface area contributed by atoms with Crippen LogP contribution in [0, 0.1) is 5.92 Å². The van der Waals surface area contributed by atoms with Gasteiger partial charge in [-0.05, 0) is 30.9 Å². The molecule has 0 bridgehead atoms. The van der Waals surface area contributed by atoms with Crippen molar-refractivity contribution in [2.45, 2.75) is 32.1 Å². The fourth-order valence-electron chi connectivity index (χ4n) is 2.58. The Morgan fingerprint density at radius 2 is 2.06 bits per heavy atom. The zero-order chi connectivity index (χ0) is 11.5. The third kappa shape index (κ3) is 2.23. The number of aromatic amines is 1. The van der Waals surface area contributed by atoms with Gasteiger partial charge < -0.3 is 4.98 Å². The van der Waals surface area contributed by atoms with Crippen LogP contribution in [0.25, 0.3) is 17.1 Å². The third-order valence-corrected chi connectivity index (χ3v) is 3.56. The molecule has 1 fully saturated rings. The molecule has 0 aromatic carbocycles. The van der Waals surface area contributed by atoms with Gasteiger partial charge in [0.2, 0.25) is 0 Å². The average Bonchev–Trinajstić information content (AvgIpc) is 2.86. The first kappa shape index (κ1) is 10.5. The van der Waals surface area contributed by atoms with Crippen LogP contribution in [0.3, 0.4) is 0 Å². The summed E-state index contributed by atoms with van der Waals surface area (Å²) in [6.07, 6.45) is 14.8. The first-order valence-electron chi connectivity index (χ1n) is 6.40. The van der Waals surface area contributed by atoms with E-state index in [1.165, 1.54) is 32.1 Å². The van der Waals surface area contributed by atoms with E-state index in [4.69, 9.17) is 0 Å². The first-order valence-corrected chi connectivity index (χ1v) is 6.40. The second-order valence-electron chi connectivity index (χ2n) is 4.76. The van der Waals surface area contributed by atoms with Gasteiger partial charge in [0.25, 0.3) is 0 Å². The minimum atomic E-state index is 0.743. The van der Waals surface area contributed by atoms with Crippen LogP contribution in [-0.4, -0.2) is 15.0 Å². The smallest absolute Gasteiger partial charge is 0.141 e. The second kappa shape index (κ2) is 4.70. The van der Waals surface area contributed by atoms with Gasteiger partial charge in [0.15, 0.2) is 0 Å². The predicted octanol–water partition coefficient (Wildman–Crippen LogP) is 3.55. The lowest BCUT2D eigenvalue weighted by atomic mass is 9.89. The maximum absolute atomic E-state index is 4.35. The van der Waals surface area contributed by atoms with Crippen molar-refractivity contribution in [3.63, 3.8) is 0 Å². The van der Waals surface area contributed by atoms with Crippen molar-refractivity contribution in [1.82, 2.24) is 15.0 Å². The minimum Gasteiger partial charge on any atom is -0.346 e. The number of nitrogens with one attached hydrogen (secondary N) is 1. The van der Waals surface area contributed by atoms with Crippen molar-refractivity contribution in [1.29, 1.82) is 0 Å². The van der Waals surface area contributed by atoms with Crippen LogP contribution < -0.4 is 0 Å². The van der Waals surface area contributed by atoms with Crippen LogP contribution in [0.5, 0.6) is 0 Å². The number of nitrogens with zero attached hydrogens (tertiary/aromatic N) is 2. The molecule has 0 radical (unpaired) electrons. The lowest BCUT2D eigenvalue weighted by molar-refractivity contribution is 0.420. The van der Waals surface area contributed by atoms with Crippen LogP contribution in [0.4, 0.5) is 0 Å². The molecular formula is C14H17N3. The summed E-state index contributed by atoms with van der Waals surface area (Å²) in [5, 5.41) is 1.11. The summed E-state index contributed by atoms with van der Waals surface area (Å²) in [6.45, 7) is 0. The Morgan fingerprint density at radius 1 is 1.18 bits per heavy atom. The van der Waals surface area contributed by atoms with Gasteiger partial charge in [-0.3, -0.25) is 0 Å². The number of hydrogen-bond acceptors (Lipinski definition) is 2. The fourth-order valence-corrected chi connectivity index (χ4v) is 2.58. The molecule has 0 spiro atoms. The van der Waals surface area contributed by atoms with E-state index in [0.717, 1.165) is 22.6 Å². The number of allylic oxidation sites excluding steroid dienone is 1. The van der Waals surface area contributed by atoms with E-state index in [2.05, 4.69) is 27.1 Å². The number of fused-ring (bicyclic) bond motifs is 1. The topological polar surface area (TPSA) is 41.6 Å². The van der Waals surface area contributed by atoms with Gasteiger partial charge >= 0.3 is 0 Å². The highest BCUT2D eigenvalue weighted by Crippen LogP contribution is 2.25. The van der Waals surface area contributed by atoms with Gasteiger partial charge in [0.1, 0.15) is 12.0 Å². The largest absolute Gasteiger partial charge is 0.346 e. The van der Waals surface area contributed by atoms with Crippen LogP contribution in [0.15, 0.2) is 24.7 Å². The Morgan fingerprint density at radius 3 is 2.94 bits per heavy atom. The molecule has 1 aliphatic rings. The molecule has 0 aliphatic heterocycles. The molecule has 2 aromatic rings. The van der Waals surface area contributed by atoms with Crippen LogP contribution in [0.1, 0.15) is 37.8 Å². The SMILES string of the molecule is C(=CC1CCCCC1)c1ncnc2[nH]ccc12. The highest BCUT2D eigenvalue weighted by Gasteiger charge is 2.10. The monoisotopic (exact) mass is 227 g/mol. The first-order chi connectivity index (χ1) is 8.43. The van der Waals surface area contributed by atoms with Gasteiger partial charge in [-0.1, -0.05) is 25.3 Å². The maximum atomic E-state index is 4.35. The molecule has 1 N–H and O–H groups in total. The number of hydrogen-bond donors (Lipinski definition) is 1. The number of aromatic nitrogens is 3. The normalized spacial score (nSPS) is 18.1. The molecule has 0 unspecified atom stereocenters. The van der Waals surface area contributed by atoms with Gasteiger partial charge in [-0.25, -0.2) is 9.97 Å². The molecule has 1 aliphatic carbocycles. The van der Waals surface area contributed by atoms with Gasteiger partial charge in [-0.2, -0.15) is 0 Å². The Kier molecular flexibility index (Phi) is 2.90. The summed E-state index contributed by atoms with van der Waals surface area (Å²) < 4.78 is 0. The molecule has 3 nitrogen and oxygen atoms in total. The summed E-state index contributed by atoms with van der Waals surface area (Å²) in [7, 11) is 0. The summed E-state index contributed by atoms with van der Waals surface area (Å²) in [6, 6.07) is 2.04. The van der Waals surface area contributed by atoms with E-state index in [9.17, 15) is 0 Å². The van der Waals surface area contributed by atoms with Crippen LogP contribution in [-0.2, 0) is 0 Å². The lowest BCUT2D eigenvalue weighted by Crippen LogP contribution is -2.02. The zero-order valence-corrected chi connectivity index (χ0v) is 9.89. The van der Waals surface area contributed by atoms with E-state index >= 15 is 0 Å². The minimum absolute atomic E-state index is 0.743. The van der Waals surface area contributed by atoms with Gasteiger partial charge in [0, 0.05) is 11.6 Å². The standard InChI is InChI=1S/C14H17N3/c1-2-4-11(5-3-1)6-7-13-12-8-9-15-14(12)17-10-16-13/h6-11H,1-5H2,(H,15,16,17). The molecule has 17 heavy (non-hydrogen) atoms. The summed E-state index contributed by atoms with van der Waals surface area (Å²) in [5.74, 6) is 0.743. The second-order valence-corrected chi connectivity index (χ2v) is 4.76. The highest BCUT2D eigenvalue weighted by atomic mass is 14.9. The lowest BCUT2D eigenvalue weighted by Gasteiger charge is -2.17. The average molecular weight is 227 g/mol. The van der Waals surface area contributed by atoms with E-state index in [1.807, 2.05) is 12.3 Å². The quantitative estimate of drug-likeness (QED) is 0.852. The zero-order valence-electron chi connectivity index (χ0n) is 9.89. The Bertz CT molecular complexity index is 521. The highest BCUT2D eigenvalue weighted by molar-refractivity contribution is 5.83. The van der Waals surface area contributed by atoms with Crippen molar-refractivity contribution in [3.05, 3.63) is 30.4 Å². The van der Waals surface area contributed by atoms with Gasteiger partial charge in [-0.15, -0.1) is 0 Å². The van der Waals surface area contributed by atoms with E-state index in [1.54, 1.807) is 6.33 Å². The van der Waals surface area contributed by atoms with Crippen LogP contribution >= 0.6 is 0 Å². The summed E-state index contributed by atoms with van der Waals surface area (Å²) >= 11 is 0. The maximum Gasteiger partial charge on any atom is 0.141 e. The Labute approximate surface area is 101 Å². The number of rotatable bonds is 2. The molecule has 1 saturated carbocycles. The molecular weight excluding hydrogens is 210 g/mol. The van der Waals surface area contributed by atoms with E-state index < -0.39 is 0 Å².